The number of benzene rings is 1. The first-order chi connectivity index (χ1) is 8.47. The first-order valence-electron chi connectivity index (χ1n) is 5.23. The number of urea groups is 1. The summed E-state index contributed by atoms with van der Waals surface area (Å²) in [7, 11) is 1.47. The van der Waals surface area contributed by atoms with Crippen LogP contribution in [0.3, 0.4) is 0 Å². The maximum absolute atomic E-state index is 11.8. The number of carboxylic acid groups (broad SMARTS) is 1. The van der Waals surface area contributed by atoms with Crippen LogP contribution in [-0.4, -0.2) is 30.2 Å². The summed E-state index contributed by atoms with van der Waals surface area (Å²) in [6, 6.07) is 6.98. The average molecular weight is 247 g/mol. The van der Waals surface area contributed by atoms with E-state index in [1.807, 2.05) is 6.07 Å². The maximum Gasteiger partial charge on any atom is 0.325 e. The summed E-state index contributed by atoms with van der Waals surface area (Å²) in [6.45, 7) is 1.37. The SMILES string of the molecule is C[C@@H](NC(=O)N(C)c1ccccc1C#N)C(=O)O. The molecule has 0 saturated heterocycles. The highest BCUT2D eigenvalue weighted by Crippen LogP contribution is 2.17. The summed E-state index contributed by atoms with van der Waals surface area (Å²) in [5.74, 6) is -1.12. The molecule has 0 fully saturated rings. The van der Waals surface area contributed by atoms with Crippen LogP contribution < -0.4 is 10.2 Å². The number of carbonyl (C=O) groups excluding carboxylic acids is 1. The zero-order valence-corrected chi connectivity index (χ0v) is 10.0. The van der Waals surface area contributed by atoms with Crippen molar-refractivity contribution in [2.24, 2.45) is 0 Å². The van der Waals surface area contributed by atoms with E-state index in [0.29, 0.717) is 11.3 Å². The second kappa shape index (κ2) is 5.68. The standard InChI is InChI=1S/C12H13N3O3/c1-8(11(16)17)14-12(18)15(2)10-6-4-3-5-9(10)7-13/h3-6,8H,1-2H3,(H,14,18)(H,16,17)/t8-/m1/s1. The third kappa shape index (κ3) is 2.98. The first-order valence-corrected chi connectivity index (χ1v) is 5.23. The van der Waals surface area contributed by atoms with Crippen LogP contribution in [0, 0.1) is 11.3 Å². The molecule has 1 rings (SSSR count). The molecule has 18 heavy (non-hydrogen) atoms. The molecule has 2 amide bonds. The molecule has 0 heterocycles. The molecule has 1 aromatic carbocycles. The lowest BCUT2D eigenvalue weighted by molar-refractivity contribution is -0.138. The molecule has 0 radical (unpaired) electrons. The van der Waals surface area contributed by atoms with Crippen molar-refractivity contribution in [3.8, 4) is 6.07 Å². The van der Waals surface area contributed by atoms with Crippen LogP contribution in [0.4, 0.5) is 10.5 Å². The molecule has 0 spiro atoms. The molecule has 0 aliphatic rings. The topological polar surface area (TPSA) is 93.4 Å². The predicted molar refractivity (Wildman–Crippen MR) is 65.2 cm³/mol. The van der Waals surface area contributed by atoms with E-state index in [9.17, 15) is 9.59 Å². The minimum Gasteiger partial charge on any atom is -0.480 e. The Morgan fingerprint density at radius 2 is 2.06 bits per heavy atom. The first kappa shape index (κ1) is 13.5. The van der Waals surface area contributed by atoms with Gasteiger partial charge in [0.05, 0.1) is 11.3 Å². The predicted octanol–water partition coefficient (Wildman–Crippen LogP) is 1.18. The van der Waals surface area contributed by atoms with Crippen molar-refractivity contribution in [1.29, 1.82) is 5.26 Å². The third-order valence-electron chi connectivity index (χ3n) is 2.40. The Labute approximate surface area is 104 Å². The number of nitriles is 1. The lowest BCUT2D eigenvalue weighted by atomic mass is 10.2. The van der Waals surface area contributed by atoms with E-state index in [1.54, 1.807) is 24.3 Å². The van der Waals surface area contributed by atoms with Crippen molar-refractivity contribution >= 4 is 17.7 Å². The van der Waals surface area contributed by atoms with Crippen LogP contribution in [0.25, 0.3) is 0 Å². The minimum absolute atomic E-state index is 0.345. The Bertz CT molecular complexity index is 508. The Morgan fingerprint density at radius 3 is 2.61 bits per heavy atom. The molecule has 0 unspecified atom stereocenters. The van der Waals surface area contributed by atoms with Crippen LogP contribution in [-0.2, 0) is 4.79 Å². The Kier molecular flexibility index (Phi) is 4.27. The Hall–Kier alpha value is -2.55. The van der Waals surface area contributed by atoms with Crippen LogP contribution in [0.2, 0.25) is 0 Å². The van der Waals surface area contributed by atoms with Gasteiger partial charge in [0.25, 0.3) is 0 Å². The molecule has 6 nitrogen and oxygen atoms in total. The molecule has 0 bridgehead atoms. The lowest BCUT2D eigenvalue weighted by Gasteiger charge is -2.20. The average Bonchev–Trinajstić information content (AvgIpc) is 2.37. The van der Waals surface area contributed by atoms with Gasteiger partial charge in [0.2, 0.25) is 0 Å². The van der Waals surface area contributed by atoms with Crippen molar-refractivity contribution < 1.29 is 14.7 Å². The molecule has 0 aliphatic heterocycles. The van der Waals surface area contributed by atoms with Gasteiger partial charge in [-0.25, -0.2) is 4.79 Å². The maximum atomic E-state index is 11.8. The molecule has 0 aromatic heterocycles. The molecule has 0 aliphatic carbocycles. The number of carboxylic acids is 1. The molecule has 0 saturated carbocycles. The van der Waals surface area contributed by atoms with E-state index >= 15 is 0 Å². The Balaban J connectivity index is 2.87. The molecular weight excluding hydrogens is 234 g/mol. The van der Waals surface area contributed by atoms with Gasteiger partial charge in [0.15, 0.2) is 0 Å². The highest BCUT2D eigenvalue weighted by Gasteiger charge is 2.19. The molecular formula is C12H13N3O3. The number of nitrogens with one attached hydrogen (secondary N) is 1. The fourth-order valence-electron chi connectivity index (χ4n) is 1.31. The van der Waals surface area contributed by atoms with Crippen LogP contribution >= 0.6 is 0 Å². The number of aliphatic carboxylic acids is 1. The zero-order chi connectivity index (χ0) is 13.7. The van der Waals surface area contributed by atoms with Gasteiger partial charge in [-0.3, -0.25) is 9.69 Å². The monoisotopic (exact) mass is 247 g/mol. The highest BCUT2D eigenvalue weighted by molar-refractivity contribution is 5.95. The van der Waals surface area contributed by atoms with Crippen molar-refractivity contribution in [3.63, 3.8) is 0 Å². The Morgan fingerprint density at radius 1 is 1.44 bits per heavy atom. The summed E-state index contributed by atoms with van der Waals surface area (Å²) in [4.78, 5) is 23.6. The van der Waals surface area contributed by atoms with Gasteiger partial charge >= 0.3 is 12.0 Å². The van der Waals surface area contributed by atoms with Crippen LogP contribution in [0.1, 0.15) is 12.5 Å². The van der Waals surface area contributed by atoms with Crippen molar-refractivity contribution in [2.75, 3.05) is 11.9 Å². The van der Waals surface area contributed by atoms with E-state index in [-0.39, 0.29) is 0 Å². The number of para-hydroxylation sites is 1. The fraction of sp³-hybridized carbons (Fsp3) is 0.250. The molecule has 2 N–H and O–H groups in total. The summed E-state index contributed by atoms with van der Waals surface area (Å²) in [6.07, 6.45) is 0. The summed E-state index contributed by atoms with van der Waals surface area (Å²) in [5.41, 5.74) is 0.771. The number of carbonyl (C=O) groups is 2. The van der Waals surface area contributed by atoms with Gasteiger partial charge in [0.1, 0.15) is 12.1 Å². The van der Waals surface area contributed by atoms with Gasteiger partial charge in [-0.1, -0.05) is 12.1 Å². The fourth-order valence-corrected chi connectivity index (χ4v) is 1.31. The van der Waals surface area contributed by atoms with Gasteiger partial charge in [0, 0.05) is 7.05 Å². The van der Waals surface area contributed by atoms with E-state index in [2.05, 4.69) is 5.32 Å². The summed E-state index contributed by atoms with van der Waals surface area (Å²) < 4.78 is 0. The van der Waals surface area contributed by atoms with E-state index in [0.717, 1.165) is 0 Å². The number of nitrogens with zero attached hydrogens (tertiary/aromatic N) is 2. The summed E-state index contributed by atoms with van der Waals surface area (Å²) >= 11 is 0. The largest absolute Gasteiger partial charge is 0.480 e. The highest BCUT2D eigenvalue weighted by atomic mass is 16.4. The van der Waals surface area contributed by atoms with Gasteiger partial charge in [-0.05, 0) is 19.1 Å². The van der Waals surface area contributed by atoms with E-state index < -0.39 is 18.0 Å². The number of rotatable bonds is 3. The normalized spacial score (nSPS) is 11.2. The van der Waals surface area contributed by atoms with Crippen molar-refractivity contribution in [2.45, 2.75) is 13.0 Å². The smallest absolute Gasteiger partial charge is 0.325 e. The minimum atomic E-state index is -1.12. The number of amides is 2. The second-order valence-electron chi connectivity index (χ2n) is 3.70. The van der Waals surface area contributed by atoms with Gasteiger partial charge in [-0.15, -0.1) is 0 Å². The molecule has 1 aromatic rings. The molecule has 6 heteroatoms. The van der Waals surface area contributed by atoms with E-state index in [1.165, 1.54) is 18.9 Å². The van der Waals surface area contributed by atoms with Gasteiger partial charge < -0.3 is 10.4 Å². The molecule has 94 valence electrons. The van der Waals surface area contributed by atoms with Crippen molar-refractivity contribution in [1.82, 2.24) is 5.32 Å². The van der Waals surface area contributed by atoms with Crippen molar-refractivity contribution in [3.05, 3.63) is 29.8 Å². The number of hydrogen-bond donors (Lipinski definition) is 2. The van der Waals surface area contributed by atoms with Crippen LogP contribution in [0.15, 0.2) is 24.3 Å². The zero-order valence-electron chi connectivity index (χ0n) is 10.0. The quantitative estimate of drug-likeness (QED) is 0.838. The van der Waals surface area contributed by atoms with E-state index in [4.69, 9.17) is 10.4 Å². The summed E-state index contributed by atoms with van der Waals surface area (Å²) in [5, 5.41) is 19.9. The van der Waals surface area contributed by atoms with Gasteiger partial charge in [-0.2, -0.15) is 5.26 Å². The van der Waals surface area contributed by atoms with Crippen LogP contribution in [0.5, 0.6) is 0 Å². The lowest BCUT2D eigenvalue weighted by Crippen LogP contribution is -2.45. The molecule has 1 atom stereocenters. The second-order valence-corrected chi connectivity index (χ2v) is 3.70. The number of anilines is 1. The number of hydrogen-bond acceptors (Lipinski definition) is 3. The third-order valence-corrected chi connectivity index (χ3v) is 2.40.